The maximum Gasteiger partial charge on any atom is 0.317 e. The Labute approximate surface area is 111 Å². The molecule has 4 nitrogen and oxygen atoms in total. The van der Waals surface area contributed by atoms with E-state index < -0.39 is 0 Å². The van der Waals surface area contributed by atoms with E-state index in [1.165, 1.54) is 6.42 Å². The lowest BCUT2D eigenvalue weighted by atomic mass is 9.98. The van der Waals surface area contributed by atoms with Crippen molar-refractivity contribution >= 4 is 6.03 Å². The number of rotatable bonds is 1. The molecule has 104 valence electrons. The summed E-state index contributed by atoms with van der Waals surface area (Å²) in [6.45, 7) is 7.41. The molecule has 0 aromatic rings. The Kier molecular flexibility index (Phi) is 4.49. The fraction of sp³-hybridized carbons (Fsp3) is 0.929. The highest BCUT2D eigenvalue weighted by atomic mass is 16.2. The first-order valence-electron chi connectivity index (χ1n) is 7.32. The molecule has 2 aliphatic heterocycles. The SMILES string of the molecule is CC1CCCN(C(=O)NC2CCN(C)C(C)C2)C1. The van der Waals surface area contributed by atoms with Gasteiger partial charge in [-0.25, -0.2) is 4.79 Å². The number of hydrogen-bond acceptors (Lipinski definition) is 2. The van der Waals surface area contributed by atoms with E-state index in [-0.39, 0.29) is 6.03 Å². The highest BCUT2D eigenvalue weighted by Gasteiger charge is 2.27. The van der Waals surface area contributed by atoms with Crippen LogP contribution in [-0.2, 0) is 0 Å². The van der Waals surface area contributed by atoms with Crippen LogP contribution in [0.2, 0.25) is 0 Å². The predicted octanol–water partition coefficient (Wildman–Crippen LogP) is 1.91. The molecule has 0 aromatic heterocycles. The smallest absolute Gasteiger partial charge is 0.317 e. The number of carbonyl (C=O) groups is 1. The summed E-state index contributed by atoms with van der Waals surface area (Å²) < 4.78 is 0. The van der Waals surface area contributed by atoms with Gasteiger partial charge >= 0.3 is 6.03 Å². The number of carbonyl (C=O) groups excluding carboxylic acids is 1. The summed E-state index contributed by atoms with van der Waals surface area (Å²) in [5, 5.41) is 3.22. The van der Waals surface area contributed by atoms with Crippen molar-refractivity contribution in [3.63, 3.8) is 0 Å². The summed E-state index contributed by atoms with van der Waals surface area (Å²) in [5.74, 6) is 0.654. The molecule has 2 heterocycles. The van der Waals surface area contributed by atoms with E-state index >= 15 is 0 Å². The molecule has 2 amide bonds. The lowest BCUT2D eigenvalue weighted by molar-refractivity contribution is 0.144. The molecule has 0 spiro atoms. The van der Waals surface area contributed by atoms with Crippen molar-refractivity contribution in [1.82, 2.24) is 15.1 Å². The monoisotopic (exact) mass is 253 g/mol. The van der Waals surface area contributed by atoms with Crippen molar-refractivity contribution < 1.29 is 4.79 Å². The first kappa shape index (κ1) is 13.7. The number of urea groups is 1. The summed E-state index contributed by atoms with van der Waals surface area (Å²) in [6.07, 6.45) is 4.56. The van der Waals surface area contributed by atoms with E-state index in [4.69, 9.17) is 0 Å². The van der Waals surface area contributed by atoms with Gasteiger partial charge in [0.15, 0.2) is 0 Å². The Morgan fingerprint density at radius 3 is 2.67 bits per heavy atom. The second-order valence-corrected chi connectivity index (χ2v) is 6.19. The maximum absolute atomic E-state index is 12.2. The lowest BCUT2D eigenvalue weighted by Gasteiger charge is -2.37. The topological polar surface area (TPSA) is 35.6 Å². The summed E-state index contributed by atoms with van der Waals surface area (Å²) in [5.41, 5.74) is 0. The third kappa shape index (κ3) is 3.37. The molecule has 0 saturated carbocycles. The molecule has 0 bridgehead atoms. The fourth-order valence-corrected chi connectivity index (χ4v) is 3.06. The molecule has 2 rings (SSSR count). The van der Waals surface area contributed by atoms with Gasteiger partial charge in [0, 0.05) is 31.7 Å². The Hall–Kier alpha value is -0.770. The summed E-state index contributed by atoms with van der Waals surface area (Å²) in [7, 11) is 2.16. The quantitative estimate of drug-likeness (QED) is 0.775. The second-order valence-electron chi connectivity index (χ2n) is 6.19. The van der Waals surface area contributed by atoms with Gasteiger partial charge in [0.05, 0.1) is 0 Å². The number of likely N-dealkylation sites (tertiary alicyclic amines) is 2. The van der Waals surface area contributed by atoms with Gasteiger partial charge in [-0.3, -0.25) is 0 Å². The van der Waals surface area contributed by atoms with Crippen LogP contribution >= 0.6 is 0 Å². The lowest BCUT2D eigenvalue weighted by Crippen LogP contribution is -2.52. The number of nitrogens with one attached hydrogen (secondary N) is 1. The van der Waals surface area contributed by atoms with Crippen molar-refractivity contribution in [2.75, 3.05) is 26.7 Å². The van der Waals surface area contributed by atoms with Crippen molar-refractivity contribution in [2.45, 2.75) is 51.6 Å². The van der Waals surface area contributed by atoms with Gasteiger partial charge < -0.3 is 15.1 Å². The molecule has 4 heteroatoms. The van der Waals surface area contributed by atoms with Crippen LogP contribution in [0.4, 0.5) is 4.79 Å². The minimum atomic E-state index is 0.156. The van der Waals surface area contributed by atoms with E-state index in [0.717, 1.165) is 38.9 Å². The number of nitrogens with zero attached hydrogens (tertiary/aromatic N) is 2. The summed E-state index contributed by atoms with van der Waals surface area (Å²) >= 11 is 0. The molecule has 3 atom stereocenters. The van der Waals surface area contributed by atoms with Crippen LogP contribution in [0.5, 0.6) is 0 Å². The predicted molar refractivity (Wildman–Crippen MR) is 73.6 cm³/mol. The largest absolute Gasteiger partial charge is 0.335 e. The average molecular weight is 253 g/mol. The first-order valence-corrected chi connectivity index (χ1v) is 7.32. The Bertz CT molecular complexity index is 295. The Morgan fingerprint density at radius 2 is 2.00 bits per heavy atom. The van der Waals surface area contributed by atoms with Gasteiger partial charge in [0.2, 0.25) is 0 Å². The van der Waals surface area contributed by atoms with Crippen molar-refractivity contribution in [2.24, 2.45) is 5.92 Å². The van der Waals surface area contributed by atoms with Crippen LogP contribution in [0, 0.1) is 5.92 Å². The summed E-state index contributed by atoms with van der Waals surface area (Å²) in [6, 6.07) is 1.09. The van der Waals surface area contributed by atoms with Crippen molar-refractivity contribution in [3.05, 3.63) is 0 Å². The Morgan fingerprint density at radius 1 is 1.22 bits per heavy atom. The number of piperidine rings is 2. The van der Waals surface area contributed by atoms with Crippen LogP contribution in [-0.4, -0.2) is 54.6 Å². The van der Waals surface area contributed by atoms with Gasteiger partial charge in [-0.1, -0.05) is 6.92 Å². The Balaban J connectivity index is 1.80. The maximum atomic E-state index is 12.2. The number of hydrogen-bond donors (Lipinski definition) is 1. The standard InChI is InChI=1S/C14H27N3O/c1-11-5-4-7-17(10-11)14(18)15-13-6-8-16(3)12(2)9-13/h11-13H,4-10H2,1-3H3,(H,15,18). The van der Waals surface area contributed by atoms with Gasteiger partial charge in [-0.2, -0.15) is 0 Å². The minimum Gasteiger partial charge on any atom is -0.335 e. The van der Waals surface area contributed by atoms with E-state index in [0.29, 0.717) is 18.0 Å². The van der Waals surface area contributed by atoms with Crippen LogP contribution in [0.15, 0.2) is 0 Å². The first-order chi connectivity index (χ1) is 8.56. The highest BCUT2D eigenvalue weighted by Crippen LogP contribution is 2.18. The minimum absolute atomic E-state index is 0.156. The third-order valence-corrected chi connectivity index (χ3v) is 4.48. The van der Waals surface area contributed by atoms with Crippen LogP contribution < -0.4 is 5.32 Å². The third-order valence-electron chi connectivity index (χ3n) is 4.48. The molecule has 1 N–H and O–H groups in total. The van der Waals surface area contributed by atoms with E-state index in [2.05, 4.69) is 31.1 Å². The molecule has 2 saturated heterocycles. The van der Waals surface area contributed by atoms with Gasteiger partial charge in [-0.15, -0.1) is 0 Å². The normalized spacial score (nSPS) is 34.4. The molecule has 2 aliphatic rings. The molecule has 0 aliphatic carbocycles. The number of amides is 2. The zero-order chi connectivity index (χ0) is 13.1. The molecule has 2 fully saturated rings. The fourth-order valence-electron chi connectivity index (χ4n) is 3.06. The van der Waals surface area contributed by atoms with Gasteiger partial charge in [0.1, 0.15) is 0 Å². The van der Waals surface area contributed by atoms with Crippen LogP contribution in [0.25, 0.3) is 0 Å². The molecule has 0 aromatic carbocycles. The van der Waals surface area contributed by atoms with Gasteiger partial charge in [-0.05, 0) is 45.6 Å². The zero-order valence-electron chi connectivity index (χ0n) is 12.0. The van der Waals surface area contributed by atoms with Gasteiger partial charge in [0.25, 0.3) is 0 Å². The van der Waals surface area contributed by atoms with Crippen LogP contribution in [0.1, 0.15) is 39.5 Å². The molecule has 3 unspecified atom stereocenters. The van der Waals surface area contributed by atoms with E-state index in [1.807, 2.05) is 4.90 Å². The van der Waals surface area contributed by atoms with E-state index in [1.54, 1.807) is 0 Å². The summed E-state index contributed by atoms with van der Waals surface area (Å²) in [4.78, 5) is 16.6. The van der Waals surface area contributed by atoms with E-state index in [9.17, 15) is 4.79 Å². The average Bonchev–Trinajstić information content (AvgIpc) is 2.34. The van der Waals surface area contributed by atoms with Crippen molar-refractivity contribution in [1.29, 1.82) is 0 Å². The molecule has 0 radical (unpaired) electrons. The molecular weight excluding hydrogens is 226 g/mol. The molecule has 18 heavy (non-hydrogen) atoms. The second kappa shape index (κ2) is 5.91. The highest BCUT2D eigenvalue weighted by molar-refractivity contribution is 5.74. The van der Waals surface area contributed by atoms with Crippen LogP contribution in [0.3, 0.4) is 0 Å². The zero-order valence-corrected chi connectivity index (χ0v) is 12.0. The van der Waals surface area contributed by atoms with Crippen molar-refractivity contribution in [3.8, 4) is 0 Å². The molecular formula is C14H27N3O.